The van der Waals surface area contributed by atoms with E-state index >= 15 is 0 Å². The molecule has 1 saturated carbocycles. The highest BCUT2D eigenvalue weighted by atomic mass is 35.5. The second-order valence-corrected chi connectivity index (χ2v) is 8.48. The van der Waals surface area contributed by atoms with Crippen molar-refractivity contribution in [2.75, 3.05) is 19.7 Å². The Bertz CT molecular complexity index is 849. The van der Waals surface area contributed by atoms with Crippen molar-refractivity contribution in [3.8, 4) is 5.75 Å². The molecule has 0 spiro atoms. The van der Waals surface area contributed by atoms with Crippen LogP contribution in [0.3, 0.4) is 0 Å². The van der Waals surface area contributed by atoms with Gasteiger partial charge in [-0.3, -0.25) is 9.69 Å². The van der Waals surface area contributed by atoms with Crippen molar-refractivity contribution in [3.63, 3.8) is 0 Å². The molecule has 2 aromatic carbocycles. The van der Waals surface area contributed by atoms with Crippen LogP contribution in [0.1, 0.15) is 49.8 Å². The fraction of sp³-hybridized carbons (Fsp3) is 0.458. The Balaban J connectivity index is 0.000000782. The zero-order chi connectivity index (χ0) is 21.5. The van der Waals surface area contributed by atoms with Crippen LogP contribution in [0.15, 0.2) is 42.5 Å². The first-order valence-corrected chi connectivity index (χ1v) is 10.9. The first kappa shape index (κ1) is 22.6. The lowest BCUT2D eigenvalue weighted by Crippen LogP contribution is -2.50. The maximum Gasteiger partial charge on any atom is 0.303 e. The van der Waals surface area contributed by atoms with Gasteiger partial charge in [0.05, 0.1) is 6.61 Å². The van der Waals surface area contributed by atoms with Gasteiger partial charge >= 0.3 is 5.97 Å². The summed E-state index contributed by atoms with van der Waals surface area (Å²) in [7, 11) is 0. The summed E-state index contributed by atoms with van der Waals surface area (Å²) in [6, 6.07) is 12.1. The van der Waals surface area contributed by atoms with Crippen molar-refractivity contribution in [2.45, 2.75) is 45.1 Å². The molecule has 1 saturated heterocycles. The van der Waals surface area contributed by atoms with E-state index in [4.69, 9.17) is 21.4 Å². The number of carboxylic acid groups (broad SMARTS) is 1. The fourth-order valence-corrected chi connectivity index (χ4v) is 3.59. The number of aryl methyl sites for hydroxylation is 1. The number of likely N-dealkylation sites (tertiary alicyclic amines) is 1. The molecular formula is C24H29ClFNO3. The number of aliphatic carboxylic acids is 1. The normalized spacial score (nSPS) is 16.8. The van der Waals surface area contributed by atoms with E-state index in [1.165, 1.54) is 31.4 Å². The maximum absolute atomic E-state index is 13.5. The second-order valence-electron chi connectivity index (χ2n) is 8.07. The Morgan fingerprint density at radius 3 is 2.63 bits per heavy atom. The molecule has 0 bridgehead atoms. The van der Waals surface area contributed by atoms with Gasteiger partial charge in [0.2, 0.25) is 0 Å². The molecule has 6 heteroatoms. The topological polar surface area (TPSA) is 49.8 Å². The largest absolute Gasteiger partial charge is 0.493 e. The van der Waals surface area contributed by atoms with Crippen molar-refractivity contribution < 1.29 is 19.0 Å². The number of nitrogens with zero attached hydrogens (tertiary/aromatic N) is 1. The predicted molar refractivity (Wildman–Crippen MR) is 117 cm³/mol. The Morgan fingerprint density at radius 1 is 1.23 bits per heavy atom. The number of carbonyl (C=O) groups is 1. The average molecular weight is 434 g/mol. The lowest BCUT2D eigenvalue weighted by Gasteiger charge is -2.43. The quantitative estimate of drug-likeness (QED) is 0.576. The summed E-state index contributed by atoms with van der Waals surface area (Å²) in [5.41, 5.74) is 1.77. The monoisotopic (exact) mass is 433 g/mol. The summed E-state index contributed by atoms with van der Waals surface area (Å²) in [5, 5.41) is 9.36. The van der Waals surface area contributed by atoms with E-state index < -0.39 is 5.97 Å². The molecule has 2 aliphatic rings. The summed E-state index contributed by atoms with van der Waals surface area (Å²) in [4.78, 5) is 12.9. The van der Waals surface area contributed by atoms with Gasteiger partial charge in [0.1, 0.15) is 11.6 Å². The fourth-order valence-electron chi connectivity index (χ4n) is 3.32. The van der Waals surface area contributed by atoms with Crippen LogP contribution in [0.5, 0.6) is 5.75 Å². The molecule has 0 radical (unpaired) electrons. The van der Waals surface area contributed by atoms with E-state index in [-0.39, 0.29) is 18.3 Å². The van der Waals surface area contributed by atoms with Crippen LogP contribution in [-0.4, -0.2) is 35.7 Å². The van der Waals surface area contributed by atoms with Gasteiger partial charge in [-0.25, -0.2) is 4.39 Å². The molecule has 2 fully saturated rings. The van der Waals surface area contributed by atoms with Gasteiger partial charge in [-0.1, -0.05) is 43.0 Å². The van der Waals surface area contributed by atoms with E-state index in [9.17, 15) is 9.18 Å². The Labute approximate surface area is 182 Å². The van der Waals surface area contributed by atoms with Crippen molar-refractivity contribution in [3.05, 3.63) is 64.4 Å². The Morgan fingerprint density at radius 2 is 1.97 bits per heavy atom. The third-order valence-electron chi connectivity index (χ3n) is 5.31. The summed E-state index contributed by atoms with van der Waals surface area (Å²) in [5.74, 6) is 0.0906. The number of ether oxygens (including phenoxy) is 1. The van der Waals surface area contributed by atoms with Crippen molar-refractivity contribution in [1.29, 1.82) is 0 Å². The summed E-state index contributed by atoms with van der Waals surface area (Å²) >= 11 is 6.20. The van der Waals surface area contributed by atoms with E-state index in [2.05, 4.69) is 4.90 Å². The van der Waals surface area contributed by atoms with E-state index in [0.29, 0.717) is 24.0 Å². The minimum absolute atomic E-state index is 0.0591. The molecule has 4 nitrogen and oxygen atoms in total. The minimum atomic E-state index is -0.802. The van der Waals surface area contributed by atoms with Gasteiger partial charge in [0.25, 0.3) is 0 Å². The van der Waals surface area contributed by atoms with Crippen LogP contribution in [0.4, 0.5) is 4.39 Å². The highest BCUT2D eigenvalue weighted by Crippen LogP contribution is 2.33. The van der Waals surface area contributed by atoms with Crippen LogP contribution in [-0.2, 0) is 11.2 Å². The highest BCUT2D eigenvalue weighted by Gasteiger charge is 2.32. The van der Waals surface area contributed by atoms with Crippen LogP contribution in [0.2, 0.25) is 5.02 Å². The first-order valence-electron chi connectivity index (χ1n) is 10.5. The molecule has 1 unspecified atom stereocenters. The molecule has 0 amide bonds. The molecule has 1 aliphatic heterocycles. The predicted octanol–water partition coefficient (Wildman–Crippen LogP) is 5.74. The van der Waals surface area contributed by atoms with Crippen molar-refractivity contribution in [1.82, 2.24) is 4.90 Å². The number of carboxylic acids is 1. The lowest BCUT2D eigenvalue weighted by molar-refractivity contribution is -0.136. The SMILES string of the molecule is C1CC1.CC(c1cc(F)ccc1Cl)N1CC(COc2cccc(CCC(=O)O)c2)C1. The number of hydrogen-bond acceptors (Lipinski definition) is 3. The Hall–Kier alpha value is -2.11. The van der Waals surface area contributed by atoms with Gasteiger partial charge in [-0.05, 0) is 54.8 Å². The lowest BCUT2D eigenvalue weighted by atomic mass is 9.95. The third kappa shape index (κ3) is 6.99. The van der Waals surface area contributed by atoms with Gasteiger partial charge in [0.15, 0.2) is 0 Å². The van der Waals surface area contributed by atoms with E-state index in [1.807, 2.05) is 31.2 Å². The van der Waals surface area contributed by atoms with E-state index in [1.54, 1.807) is 6.07 Å². The molecule has 1 atom stereocenters. The number of benzene rings is 2. The smallest absolute Gasteiger partial charge is 0.303 e. The highest BCUT2D eigenvalue weighted by molar-refractivity contribution is 6.31. The van der Waals surface area contributed by atoms with Gasteiger partial charge in [-0.15, -0.1) is 0 Å². The minimum Gasteiger partial charge on any atom is -0.493 e. The van der Waals surface area contributed by atoms with Crippen LogP contribution < -0.4 is 4.74 Å². The van der Waals surface area contributed by atoms with Crippen LogP contribution in [0.25, 0.3) is 0 Å². The molecule has 1 N–H and O–H groups in total. The summed E-state index contributed by atoms with van der Waals surface area (Å²) in [6.45, 7) is 4.37. The van der Waals surface area contributed by atoms with E-state index in [0.717, 1.165) is 30.0 Å². The summed E-state index contributed by atoms with van der Waals surface area (Å²) < 4.78 is 19.4. The van der Waals surface area contributed by atoms with Gasteiger partial charge < -0.3 is 9.84 Å². The number of rotatable bonds is 8. The number of halogens is 2. The third-order valence-corrected chi connectivity index (χ3v) is 5.65. The molecule has 1 heterocycles. The zero-order valence-electron chi connectivity index (χ0n) is 17.3. The molecule has 0 aromatic heterocycles. The zero-order valence-corrected chi connectivity index (χ0v) is 18.1. The van der Waals surface area contributed by atoms with Crippen LogP contribution in [0, 0.1) is 11.7 Å². The van der Waals surface area contributed by atoms with Crippen molar-refractivity contribution >= 4 is 17.6 Å². The molecule has 162 valence electrons. The molecule has 1 aliphatic carbocycles. The molecule has 2 aromatic rings. The van der Waals surface area contributed by atoms with Crippen LogP contribution >= 0.6 is 11.6 Å². The second kappa shape index (κ2) is 10.8. The van der Waals surface area contributed by atoms with Crippen molar-refractivity contribution in [2.24, 2.45) is 5.92 Å². The Kier molecular flexibility index (Phi) is 8.11. The number of hydrogen-bond donors (Lipinski definition) is 1. The van der Waals surface area contributed by atoms with Gasteiger partial charge in [-0.2, -0.15) is 0 Å². The average Bonchev–Trinajstić information content (AvgIpc) is 3.56. The standard InChI is InChI=1S/C21H23ClFNO3.C3H6/c1-14(19-10-17(23)6-7-20(19)22)24-11-16(12-24)13-27-18-4-2-3-15(9-18)5-8-21(25)26;1-2-3-1/h2-4,6-7,9-10,14,16H,5,8,11-13H2,1H3,(H,25,26);1-3H2. The molecule has 30 heavy (non-hydrogen) atoms. The first-order chi connectivity index (χ1) is 14.4. The van der Waals surface area contributed by atoms with Gasteiger partial charge in [0, 0.05) is 36.5 Å². The molecule has 4 rings (SSSR count). The molecular weight excluding hydrogens is 405 g/mol. The summed E-state index contributed by atoms with van der Waals surface area (Å²) in [6.07, 6.45) is 5.11. The maximum atomic E-state index is 13.5.